The molecule has 3 aliphatic heterocycles. The minimum atomic E-state index is -0.558. The number of carbonyl (C=O) groups is 2. The molecule has 1 fully saturated rings. The number of nitrogens with zero attached hydrogens (tertiary/aromatic N) is 4. The first-order valence-electron chi connectivity index (χ1n) is 13.3. The van der Waals surface area contributed by atoms with Crippen molar-refractivity contribution in [2.45, 2.75) is 18.4 Å². The van der Waals surface area contributed by atoms with Gasteiger partial charge >= 0.3 is 0 Å². The standard InChI is InChI=1S/C30H30N4O6/c1-39-25-17-19-11-12-33-28(24(19)18-26(25)40-2)27(22-5-3-4-6-23(22)29(33)35)30(36)32-15-13-31(14-16-32)20-7-9-21(10-8-20)34(37)38/h3-10,17-18,27-28H,11-16H2,1-2H3/t27-,28+/m1/s1. The summed E-state index contributed by atoms with van der Waals surface area (Å²) in [5.41, 5.74) is 4.22. The number of rotatable bonds is 5. The number of benzene rings is 3. The molecular weight excluding hydrogens is 512 g/mol. The van der Waals surface area contributed by atoms with E-state index in [-0.39, 0.29) is 17.5 Å². The number of piperazine rings is 1. The highest BCUT2D eigenvalue weighted by Gasteiger charge is 2.48. The molecule has 6 rings (SSSR count). The van der Waals surface area contributed by atoms with Crippen LogP contribution in [0.1, 0.15) is 39.0 Å². The Labute approximate surface area is 231 Å². The van der Waals surface area contributed by atoms with Crippen LogP contribution in [0.3, 0.4) is 0 Å². The topological polar surface area (TPSA) is 105 Å². The van der Waals surface area contributed by atoms with Gasteiger partial charge in [0.2, 0.25) is 5.91 Å². The maximum atomic E-state index is 14.4. The second kappa shape index (κ2) is 10.2. The number of fused-ring (bicyclic) bond motifs is 4. The molecule has 0 saturated carbocycles. The summed E-state index contributed by atoms with van der Waals surface area (Å²) in [5.74, 6) is 0.561. The van der Waals surface area contributed by atoms with Crippen LogP contribution in [0, 0.1) is 10.1 Å². The van der Waals surface area contributed by atoms with Gasteiger partial charge in [0, 0.05) is 56.1 Å². The quantitative estimate of drug-likeness (QED) is 0.357. The van der Waals surface area contributed by atoms with Gasteiger partial charge in [0.25, 0.3) is 11.6 Å². The first-order valence-corrected chi connectivity index (χ1v) is 13.3. The van der Waals surface area contributed by atoms with Gasteiger partial charge in [0.1, 0.15) is 0 Å². The van der Waals surface area contributed by atoms with Gasteiger partial charge in [-0.15, -0.1) is 0 Å². The van der Waals surface area contributed by atoms with Crippen LogP contribution < -0.4 is 14.4 Å². The van der Waals surface area contributed by atoms with E-state index in [1.165, 1.54) is 12.1 Å². The Kier molecular flexibility index (Phi) is 6.53. The number of nitro groups is 1. The van der Waals surface area contributed by atoms with Crippen molar-refractivity contribution in [1.29, 1.82) is 0 Å². The summed E-state index contributed by atoms with van der Waals surface area (Å²) >= 11 is 0. The summed E-state index contributed by atoms with van der Waals surface area (Å²) in [6, 6.07) is 17.3. The SMILES string of the molecule is COc1cc2c(cc1OC)[C@H]1[C@H](C(=O)N3CCN(c4ccc([N+](=O)[O-])cc4)CC3)c3ccccc3C(=O)N1CC2. The lowest BCUT2D eigenvalue weighted by molar-refractivity contribution is -0.384. The molecule has 3 heterocycles. The average molecular weight is 543 g/mol. The van der Waals surface area contributed by atoms with Crippen LogP contribution in [0.2, 0.25) is 0 Å². The second-order valence-corrected chi connectivity index (χ2v) is 10.3. The van der Waals surface area contributed by atoms with E-state index in [1.54, 1.807) is 26.4 Å². The molecule has 206 valence electrons. The zero-order chi connectivity index (χ0) is 28.0. The smallest absolute Gasteiger partial charge is 0.269 e. The van der Waals surface area contributed by atoms with Gasteiger partial charge in [-0.2, -0.15) is 0 Å². The minimum absolute atomic E-state index is 0.0130. The summed E-state index contributed by atoms with van der Waals surface area (Å²) in [4.78, 5) is 44.5. The van der Waals surface area contributed by atoms with Gasteiger partial charge in [-0.25, -0.2) is 0 Å². The number of methoxy groups -OCH3 is 2. The molecule has 0 radical (unpaired) electrons. The zero-order valence-corrected chi connectivity index (χ0v) is 22.4. The van der Waals surface area contributed by atoms with Crippen LogP contribution in [-0.4, -0.2) is 73.5 Å². The van der Waals surface area contributed by atoms with E-state index in [2.05, 4.69) is 4.90 Å². The molecule has 0 unspecified atom stereocenters. The van der Waals surface area contributed by atoms with Crippen molar-refractivity contribution in [3.63, 3.8) is 0 Å². The van der Waals surface area contributed by atoms with Crippen molar-refractivity contribution in [3.8, 4) is 11.5 Å². The number of non-ortho nitro benzene ring substituents is 1. The lowest BCUT2D eigenvalue weighted by atomic mass is 9.75. The van der Waals surface area contributed by atoms with Crippen LogP contribution in [0.4, 0.5) is 11.4 Å². The molecule has 0 aliphatic carbocycles. The van der Waals surface area contributed by atoms with Crippen LogP contribution in [-0.2, 0) is 11.2 Å². The summed E-state index contributed by atoms with van der Waals surface area (Å²) in [7, 11) is 3.18. The highest BCUT2D eigenvalue weighted by molar-refractivity contribution is 6.01. The monoisotopic (exact) mass is 542 g/mol. The molecule has 0 N–H and O–H groups in total. The van der Waals surface area contributed by atoms with E-state index < -0.39 is 16.9 Å². The van der Waals surface area contributed by atoms with Gasteiger partial charge in [0.05, 0.1) is 31.1 Å². The number of nitro benzene ring substituents is 1. The van der Waals surface area contributed by atoms with Crippen molar-refractivity contribution in [2.75, 3.05) is 51.8 Å². The maximum absolute atomic E-state index is 14.4. The fourth-order valence-electron chi connectivity index (χ4n) is 6.29. The average Bonchev–Trinajstić information content (AvgIpc) is 3.00. The Morgan fingerprint density at radius 3 is 2.25 bits per heavy atom. The zero-order valence-electron chi connectivity index (χ0n) is 22.4. The highest BCUT2D eigenvalue weighted by Crippen LogP contribution is 2.49. The van der Waals surface area contributed by atoms with Crippen LogP contribution in [0.25, 0.3) is 0 Å². The first-order chi connectivity index (χ1) is 19.4. The Morgan fingerprint density at radius 2 is 1.57 bits per heavy atom. The van der Waals surface area contributed by atoms with Gasteiger partial charge in [-0.3, -0.25) is 19.7 Å². The molecule has 0 spiro atoms. The molecule has 0 aromatic heterocycles. The molecular formula is C30H30N4O6. The number of hydrogen-bond donors (Lipinski definition) is 0. The molecule has 2 atom stereocenters. The maximum Gasteiger partial charge on any atom is 0.269 e. The molecule has 10 nitrogen and oxygen atoms in total. The van der Waals surface area contributed by atoms with Gasteiger partial charge in [0.15, 0.2) is 11.5 Å². The third-order valence-corrected chi connectivity index (χ3v) is 8.31. The molecule has 0 bridgehead atoms. The van der Waals surface area contributed by atoms with Crippen molar-refractivity contribution in [3.05, 3.63) is 93.0 Å². The van der Waals surface area contributed by atoms with Crippen molar-refractivity contribution < 1.29 is 24.0 Å². The third kappa shape index (κ3) is 4.20. The van der Waals surface area contributed by atoms with E-state index >= 15 is 0 Å². The molecule has 40 heavy (non-hydrogen) atoms. The minimum Gasteiger partial charge on any atom is -0.493 e. The fraction of sp³-hybridized carbons (Fsp3) is 0.333. The number of hydrogen-bond acceptors (Lipinski definition) is 7. The lowest BCUT2D eigenvalue weighted by Gasteiger charge is -2.47. The van der Waals surface area contributed by atoms with E-state index in [4.69, 9.17) is 9.47 Å². The molecule has 10 heteroatoms. The number of amides is 2. The van der Waals surface area contributed by atoms with Crippen molar-refractivity contribution in [2.24, 2.45) is 0 Å². The summed E-state index contributed by atoms with van der Waals surface area (Å²) < 4.78 is 11.1. The van der Waals surface area contributed by atoms with Gasteiger partial charge < -0.3 is 24.2 Å². The van der Waals surface area contributed by atoms with Crippen molar-refractivity contribution >= 4 is 23.2 Å². The Morgan fingerprint density at radius 1 is 0.900 bits per heavy atom. The second-order valence-electron chi connectivity index (χ2n) is 10.3. The Bertz CT molecular complexity index is 1480. The molecule has 3 aliphatic rings. The Balaban J connectivity index is 1.32. The summed E-state index contributed by atoms with van der Waals surface area (Å²) in [5, 5.41) is 11.0. The first kappa shape index (κ1) is 25.7. The van der Waals surface area contributed by atoms with E-state index in [1.807, 2.05) is 46.2 Å². The largest absolute Gasteiger partial charge is 0.493 e. The number of carbonyl (C=O) groups excluding carboxylic acids is 2. The predicted molar refractivity (Wildman–Crippen MR) is 148 cm³/mol. The third-order valence-electron chi connectivity index (χ3n) is 8.31. The van der Waals surface area contributed by atoms with E-state index in [9.17, 15) is 19.7 Å². The van der Waals surface area contributed by atoms with E-state index in [0.29, 0.717) is 56.2 Å². The Hall–Kier alpha value is -4.60. The molecule has 3 aromatic carbocycles. The lowest BCUT2D eigenvalue weighted by Crippen LogP contribution is -2.54. The summed E-state index contributed by atoms with van der Waals surface area (Å²) in [6.07, 6.45) is 0.662. The number of anilines is 1. The van der Waals surface area contributed by atoms with Crippen molar-refractivity contribution in [1.82, 2.24) is 9.80 Å². The molecule has 1 saturated heterocycles. The van der Waals surface area contributed by atoms with Crippen LogP contribution in [0.15, 0.2) is 60.7 Å². The summed E-state index contributed by atoms with van der Waals surface area (Å²) in [6.45, 7) is 2.74. The van der Waals surface area contributed by atoms with Crippen LogP contribution >= 0.6 is 0 Å². The number of ether oxygens (including phenoxy) is 2. The van der Waals surface area contributed by atoms with Gasteiger partial charge in [-0.05, 0) is 53.4 Å². The van der Waals surface area contributed by atoms with Gasteiger partial charge in [-0.1, -0.05) is 18.2 Å². The predicted octanol–water partition coefficient (Wildman–Crippen LogP) is 3.80. The van der Waals surface area contributed by atoms with Crippen LogP contribution in [0.5, 0.6) is 11.5 Å². The normalized spacial score (nSPS) is 19.9. The molecule has 2 amide bonds. The highest BCUT2D eigenvalue weighted by atomic mass is 16.6. The van der Waals surface area contributed by atoms with E-state index in [0.717, 1.165) is 22.4 Å². The fourth-order valence-corrected chi connectivity index (χ4v) is 6.29. The molecule has 3 aromatic rings.